The molecule has 3 aromatic carbocycles. The molecule has 0 bridgehead atoms. The van der Waals surface area contributed by atoms with Crippen molar-refractivity contribution in [3.63, 3.8) is 0 Å². The summed E-state index contributed by atoms with van der Waals surface area (Å²) in [4.78, 5) is 12.5. The van der Waals surface area contributed by atoms with Gasteiger partial charge in [-0.25, -0.2) is 0 Å². The molecular formula is C24H25ClN2O3. The van der Waals surface area contributed by atoms with Crippen molar-refractivity contribution < 1.29 is 14.3 Å². The first kappa shape index (κ1) is 21.8. The van der Waals surface area contributed by atoms with Crippen LogP contribution in [-0.4, -0.2) is 25.6 Å². The van der Waals surface area contributed by atoms with Gasteiger partial charge in [-0.3, -0.25) is 4.79 Å². The average molecular weight is 425 g/mol. The van der Waals surface area contributed by atoms with Crippen LogP contribution in [0.5, 0.6) is 5.75 Å². The van der Waals surface area contributed by atoms with E-state index in [1.807, 2.05) is 66.7 Å². The summed E-state index contributed by atoms with van der Waals surface area (Å²) in [6.07, 6.45) is 0.0666. The molecule has 0 spiro atoms. The minimum absolute atomic E-state index is 0. The first-order valence-corrected chi connectivity index (χ1v) is 9.78. The third-order valence-electron chi connectivity index (χ3n) is 4.83. The highest BCUT2D eigenvalue weighted by Gasteiger charge is 2.15. The largest absolute Gasteiger partial charge is 0.489 e. The molecule has 3 aromatic rings. The molecule has 156 valence electrons. The van der Waals surface area contributed by atoms with Crippen molar-refractivity contribution in [2.45, 2.75) is 12.7 Å². The van der Waals surface area contributed by atoms with Gasteiger partial charge in [0.2, 0.25) is 0 Å². The predicted molar refractivity (Wildman–Crippen MR) is 120 cm³/mol. The first-order chi connectivity index (χ1) is 14.3. The summed E-state index contributed by atoms with van der Waals surface area (Å²) in [5.74, 6) is 0.582. The molecule has 1 fully saturated rings. The van der Waals surface area contributed by atoms with Crippen molar-refractivity contribution >= 4 is 24.0 Å². The van der Waals surface area contributed by atoms with Gasteiger partial charge >= 0.3 is 0 Å². The molecule has 0 saturated carbocycles. The predicted octanol–water partition coefficient (Wildman–Crippen LogP) is 4.60. The van der Waals surface area contributed by atoms with E-state index in [4.69, 9.17) is 9.47 Å². The van der Waals surface area contributed by atoms with E-state index in [-0.39, 0.29) is 24.4 Å². The molecule has 4 rings (SSSR count). The quantitative estimate of drug-likeness (QED) is 0.607. The van der Waals surface area contributed by atoms with E-state index in [1.54, 1.807) is 12.1 Å². The van der Waals surface area contributed by atoms with E-state index < -0.39 is 0 Å². The van der Waals surface area contributed by atoms with Crippen LogP contribution >= 0.6 is 12.4 Å². The lowest BCUT2D eigenvalue weighted by Gasteiger charge is -2.24. The van der Waals surface area contributed by atoms with E-state index in [1.165, 1.54) is 0 Å². The molecule has 1 aliphatic rings. The van der Waals surface area contributed by atoms with Crippen LogP contribution in [0.3, 0.4) is 0 Å². The molecule has 30 heavy (non-hydrogen) atoms. The summed E-state index contributed by atoms with van der Waals surface area (Å²) in [5, 5.41) is 6.25. The molecule has 5 nitrogen and oxygen atoms in total. The van der Waals surface area contributed by atoms with E-state index >= 15 is 0 Å². The zero-order chi connectivity index (χ0) is 19.9. The molecule has 1 atom stereocenters. The second kappa shape index (κ2) is 10.8. The summed E-state index contributed by atoms with van der Waals surface area (Å²) in [6.45, 7) is 2.91. The van der Waals surface area contributed by atoms with Crippen LogP contribution in [0.25, 0.3) is 0 Å². The number of hydrogen-bond donors (Lipinski definition) is 2. The van der Waals surface area contributed by atoms with Crippen LogP contribution in [0.15, 0.2) is 78.9 Å². The number of nitrogens with one attached hydrogen (secondary N) is 2. The summed E-state index contributed by atoms with van der Waals surface area (Å²) in [6, 6.07) is 24.9. The highest BCUT2D eigenvalue weighted by atomic mass is 35.5. The Kier molecular flexibility index (Phi) is 7.85. The van der Waals surface area contributed by atoms with Gasteiger partial charge in [-0.1, -0.05) is 42.5 Å². The van der Waals surface area contributed by atoms with Gasteiger partial charge in [-0.15, -0.1) is 12.4 Å². The molecule has 1 aliphatic heterocycles. The lowest BCUT2D eigenvalue weighted by molar-refractivity contribution is 0.0277. The molecule has 0 aromatic heterocycles. The number of halogens is 1. The average Bonchev–Trinajstić information content (AvgIpc) is 2.80. The van der Waals surface area contributed by atoms with Crippen LogP contribution in [0.2, 0.25) is 0 Å². The standard InChI is InChI=1S/C24H24N2O3.ClH/c27-24(26-21-10-6-19(7-11-21)23-16-25-14-15-28-23)20-8-12-22(13-9-20)29-17-18-4-2-1-3-5-18;/h1-13,23,25H,14-17H2,(H,26,27);1H/t23-;/m0./s1. The number of ether oxygens (including phenoxy) is 2. The monoisotopic (exact) mass is 424 g/mol. The smallest absolute Gasteiger partial charge is 0.255 e. The maximum Gasteiger partial charge on any atom is 0.255 e. The molecule has 2 N–H and O–H groups in total. The molecule has 1 saturated heterocycles. The zero-order valence-corrected chi connectivity index (χ0v) is 17.4. The molecule has 0 aliphatic carbocycles. The minimum Gasteiger partial charge on any atom is -0.489 e. The maximum absolute atomic E-state index is 12.5. The van der Waals surface area contributed by atoms with Crippen LogP contribution in [0.4, 0.5) is 5.69 Å². The van der Waals surface area contributed by atoms with E-state index in [0.717, 1.165) is 35.7 Å². The molecule has 1 amide bonds. The van der Waals surface area contributed by atoms with Gasteiger partial charge in [0, 0.05) is 24.3 Å². The van der Waals surface area contributed by atoms with Gasteiger partial charge in [0.1, 0.15) is 12.4 Å². The molecule has 6 heteroatoms. The Morgan fingerprint density at radius 3 is 2.40 bits per heavy atom. The highest BCUT2D eigenvalue weighted by Crippen LogP contribution is 2.21. The summed E-state index contributed by atoms with van der Waals surface area (Å²) in [5.41, 5.74) is 3.55. The van der Waals surface area contributed by atoms with Crippen LogP contribution in [0, 0.1) is 0 Å². The van der Waals surface area contributed by atoms with Crippen LogP contribution in [0.1, 0.15) is 27.6 Å². The van der Waals surface area contributed by atoms with Gasteiger partial charge in [-0.2, -0.15) is 0 Å². The highest BCUT2D eigenvalue weighted by molar-refractivity contribution is 6.04. The molecule has 0 unspecified atom stereocenters. The number of morpholine rings is 1. The van der Waals surface area contributed by atoms with Crippen molar-refractivity contribution in [2.75, 3.05) is 25.0 Å². The number of carbonyl (C=O) groups excluding carboxylic acids is 1. The summed E-state index contributed by atoms with van der Waals surface area (Å²) in [7, 11) is 0. The Balaban J connectivity index is 0.00000256. The minimum atomic E-state index is -0.150. The second-order valence-corrected chi connectivity index (χ2v) is 6.94. The summed E-state index contributed by atoms with van der Waals surface area (Å²) < 4.78 is 11.5. The number of carbonyl (C=O) groups is 1. The van der Waals surface area contributed by atoms with Gasteiger partial charge in [0.15, 0.2) is 0 Å². The maximum atomic E-state index is 12.5. The third-order valence-corrected chi connectivity index (χ3v) is 4.83. The Morgan fingerprint density at radius 2 is 1.73 bits per heavy atom. The Labute approximate surface area is 182 Å². The van der Waals surface area contributed by atoms with Gasteiger partial charge < -0.3 is 20.1 Å². The van der Waals surface area contributed by atoms with Crippen molar-refractivity contribution in [1.82, 2.24) is 5.32 Å². The third kappa shape index (κ3) is 5.83. The van der Waals surface area contributed by atoms with Gasteiger partial charge in [-0.05, 0) is 47.5 Å². The number of anilines is 1. The Morgan fingerprint density at radius 1 is 1.00 bits per heavy atom. The van der Waals surface area contributed by atoms with Gasteiger partial charge in [0.25, 0.3) is 5.91 Å². The van der Waals surface area contributed by atoms with Crippen LogP contribution < -0.4 is 15.4 Å². The zero-order valence-electron chi connectivity index (χ0n) is 16.5. The first-order valence-electron chi connectivity index (χ1n) is 9.78. The fourth-order valence-corrected chi connectivity index (χ4v) is 3.21. The summed E-state index contributed by atoms with van der Waals surface area (Å²) >= 11 is 0. The number of benzene rings is 3. The van der Waals surface area contributed by atoms with E-state index in [9.17, 15) is 4.79 Å². The van der Waals surface area contributed by atoms with Crippen molar-refractivity contribution in [1.29, 1.82) is 0 Å². The Hall–Kier alpha value is -2.86. The molecule has 0 radical (unpaired) electrons. The number of rotatable bonds is 6. The van der Waals surface area contributed by atoms with Crippen molar-refractivity contribution in [2.24, 2.45) is 0 Å². The topological polar surface area (TPSA) is 59.6 Å². The fourth-order valence-electron chi connectivity index (χ4n) is 3.21. The van der Waals surface area contributed by atoms with Crippen LogP contribution in [-0.2, 0) is 11.3 Å². The fraction of sp³-hybridized carbons (Fsp3) is 0.208. The SMILES string of the molecule is Cl.O=C(Nc1ccc([C@@H]2CNCCO2)cc1)c1ccc(OCc2ccccc2)cc1. The number of amides is 1. The van der Waals surface area contributed by atoms with E-state index in [2.05, 4.69) is 10.6 Å². The lowest BCUT2D eigenvalue weighted by atomic mass is 10.1. The molecule has 1 heterocycles. The van der Waals surface area contributed by atoms with Crippen molar-refractivity contribution in [3.8, 4) is 5.75 Å². The molecular weight excluding hydrogens is 400 g/mol. The lowest BCUT2D eigenvalue weighted by Crippen LogP contribution is -2.33. The van der Waals surface area contributed by atoms with Gasteiger partial charge in [0.05, 0.1) is 12.7 Å². The number of hydrogen-bond acceptors (Lipinski definition) is 4. The second-order valence-electron chi connectivity index (χ2n) is 6.94. The van der Waals surface area contributed by atoms with Crippen molar-refractivity contribution in [3.05, 3.63) is 95.6 Å². The normalized spacial score (nSPS) is 15.7. The van der Waals surface area contributed by atoms with E-state index in [0.29, 0.717) is 18.8 Å². The Bertz CT molecular complexity index is 925.